The molecule has 0 aliphatic carbocycles. The normalized spacial score (nSPS) is 19.6. The first-order valence-electron chi connectivity index (χ1n) is 5.85. The van der Waals surface area contributed by atoms with Crippen molar-refractivity contribution >= 4 is 11.8 Å². The molecule has 0 saturated carbocycles. The van der Waals surface area contributed by atoms with Gasteiger partial charge < -0.3 is 15.6 Å². The van der Waals surface area contributed by atoms with Crippen molar-refractivity contribution in [2.75, 3.05) is 13.1 Å². The van der Waals surface area contributed by atoms with Crippen LogP contribution in [0.5, 0.6) is 0 Å². The Bertz CT molecular complexity index is 503. The molecule has 0 bridgehead atoms. The fourth-order valence-electron chi connectivity index (χ4n) is 2.12. The van der Waals surface area contributed by atoms with Gasteiger partial charge in [-0.25, -0.2) is 0 Å². The summed E-state index contributed by atoms with van der Waals surface area (Å²) in [7, 11) is 0. The molecule has 2 amide bonds. The van der Waals surface area contributed by atoms with E-state index in [1.165, 1.54) is 18.3 Å². The molecule has 1 fully saturated rings. The molecule has 0 unspecified atom stereocenters. The number of hydrogen-bond acceptors (Lipinski definition) is 3. The van der Waals surface area contributed by atoms with Gasteiger partial charge in [0.1, 0.15) is 0 Å². The van der Waals surface area contributed by atoms with E-state index >= 15 is 0 Å². The molecule has 0 radical (unpaired) electrons. The Kier molecular flexibility index (Phi) is 3.45. The number of carbonyl (C=O) groups excluding carboxylic acids is 2. The van der Waals surface area contributed by atoms with Crippen LogP contribution in [0.15, 0.2) is 23.1 Å². The number of amides is 2. The summed E-state index contributed by atoms with van der Waals surface area (Å²) in [6, 6.07) is 2.79. The average Bonchev–Trinajstić information content (AvgIpc) is 2.39. The maximum absolute atomic E-state index is 12.1. The Labute approximate surface area is 104 Å². The number of rotatable bonds is 2. The number of primary amides is 1. The van der Waals surface area contributed by atoms with Crippen LogP contribution in [-0.4, -0.2) is 34.8 Å². The number of nitrogens with zero attached hydrogens (tertiary/aromatic N) is 1. The van der Waals surface area contributed by atoms with E-state index < -0.39 is 0 Å². The van der Waals surface area contributed by atoms with Crippen molar-refractivity contribution in [1.29, 1.82) is 0 Å². The predicted molar refractivity (Wildman–Crippen MR) is 64.9 cm³/mol. The van der Waals surface area contributed by atoms with Gasteiger partial charge in [0.25, 0.3) is 5.91 Å². The Balaban J connectivity index is 2.11. The van der Waals surface area contributed by atoms with Gasteiger partial charge >= 0.3 is 0 Å². The van der Waals surface area contributed by atoms with Crippen LogP contribution in [0.4, 0.5) is 0 Å². The number of aromatic nitrogens is 1. The van der Waals surface area contributed by atoms with Gasteiger partial charge in [-0.3, -0.25) is 14.4 Å². The molecule has 1 aromatic heterocycles. The number of aromatic amines is 1. The Morgan fingerprint density at radius 2 is 2.17 bits per heavy atom. The zero-order valence-corrected chi connectivity index (χ0v) is 9.89. The largest absolute Gasteiger partial charge is 0.369 e. The minimum atomic E-state index is -0.367. The average molecular weight is 249 g/mol. The highest BCUT2D eigenvalue weighted by Gasteiger charge is 2.27. The second-order valence-corrected chi connectivity index (χ2v) is 4.43. The molecule has 18 heavy (non-hydrogen) atoms. The lowest BCUT2D eigenvalue weighted by Gasteiger charge is -2.31. The summed E-state index contributed by atoms with van der Waals surface area (Å²) in [4.78, 5) is 38.3. The standard InChI is InChI=1S/C12H15N3O3/c13-11(17)9-2-1-5-15(7-9)12(18)8-3-4-10(16)14-6-8/h3-4,6,9H,1-2,5,7H2,(H2,13,17)(H,14,16)/t9-/m1/s1. The lowest BCUT2D eigenvalue weighted by atomic mass is 9.97. The van der Waals surface area contributed by atoms with Crippen molar-refractivity contribution in [2.45, 2.75) is 12.8 Å². The summed E-state index contributed by atoms with van der Waals surface area (Å²) in [5.74, 6) is -0.823. The van der Waals surface area contributed by atoms with E-state index in [0.717, 1.165) is 12.8 Å². The van der Waals surface area contributed by atoms with Crippen molar-refractivity contribution in [3.8, 4) is 0 Å². The Morgan fingerprint density at radius 1 is 1.39 bits per heavy atom. The van der Waals surface area contributed by atoms with Crippen LogP contribution >= 0.6 is 0 Å². The zero-order valence-electron chi connectivity index (χ0n) is 9.89. The quantitative estimate of drug-likeness (QED) is 0.754. The van der Waals surface area contributed by atoms with E-state index in [1.54, 1.807) is 4.90 Å². The Morgan fingerprint density at radius 3 is 2.78 bits per heavy atom. The summed E-state index contributed by atoms with van der Waals surface area (Å²) in [6.45, 7) is 0.967. The smallest absolute Gasteiger partial charge is 0.255 e. The van der Waals surface area contributed by atoms with Gasteiger partial charge in [0, 0.05) is 25.4 Å². The second kappa shape index (κ2) is 5.03. The number of likely N-dealkylation sites (tertiary alicyclic amines) is 1. The van der Waals surface area contributed by atoms with Gasteiger partial charge in [-0.05, 0) is 18.9 Å². The molecule has 6 nitrogen and oxygen atoms in total. The van der Waals surface area contributed by atoms with Crippen molar-refractivity contribution in [3.63, 3.8) is 0 Å². The first kappa shape index (κ1) is 12.3. The molecule has 1 aliphatic heterocycles. The van der Waals surface area contributed by atoms with E-state index in [4.69, 9.17) is 5.73 Å². The summed E-state index contributed by atoms with van der Waals surface area (Å²) in [5, 5.41) is 0. The third kappa shape index (κ3) is 2.58. The van der Waals surface area contributed by atoms with Crippen LogP contribution in [0, 0.1) is 5.92 Å². The van der Waals surface area contributed by atoms with Crippen molar-refractivity contribution in [3.05, 3.63) is 34.2 Å². The predicted octanol–water partition coefficient (Wildman–Crippen LogP) is -0.288. The van der Waals surface area contributed by atoms with Crippen LogP contribution in [0.3, 0.4) is 0 Å². The molecule has 0 aromatic carbocycles. The summed E-state index contributed by atoms with van der Waals surface area (Å²) in [6.07, 6.45) is 2.88. The maximum atomic E-state index is 12.1. The first-order valence-corrected chi connectivity index (χ1v) is 5.85. The van der Waals surface area contributed by atoms with Crippen LogP contribution in [0.25, 0.3) is 0 Å². The molecule has 6 heteroatoms. The van der Waals surface area contributed by atoms with Crippen LogP contribution in [-0.2, 0) is 4.79 Å². The van der Waals surface area contributed by atoms with Crippen molar-refractivity contribution in [1.82, 2.24) is 9.88 Å². The molecule has 1 atom stereocenters. The molecule has 1 saturated heterocycles. The van der Waals surface area contributed by atoms with Gasteiger partial charge in [-0.1, -0.05) is 0 Å². The molecule has 1 aliphatic rings. The third-order valence-electron chi connectivity index (χ3n) is 3.14. The summed E-state index contributed by atoms with van der Waals surface area (Å²) in [5.41, 5.74) is 5.43. The number of hydrogen-bond donors (Lipinski definition) is 2. The summed E-state index contributed by atoms with van der Waals surface area (Å²) >= 11 is 0. The number of nitrogens with one attached hydrogen (secondary N) is 1. The third-order valence-corrected chi connectivity index (χ3v) is 3.14. The molecule has 2 rings (SSSR count). The highest BCUT2D eigenvalue weighted by molar-refractivity contribution is 5.94. The van der Waals surface area contributed by atoms with E-state index in [2.05, 4.69) is 4.98 Å². The van der Waals surface area contributed by atoms with E-state index in [-0.39, 0.29) is 23.3 Å². The minimum absolute atomic E-state index is 0.183. The molecular weight excluding hydrogens is 234 g/mol. The lowest BCUT2D eigenvalue weighted by molar-refractivity contribution is -0.123. The molecular formula is C12H15N3O3. The van der Waals surface area contributed by atoms with Crippen molar-refractivity contribution in [2.24, 2.45) is 11.7 Å². The van der Waals surface area contributed by atoms with Crippen molar-refractivity contribution < 1.29 is 9.59 Å². The number of piperidine rings is 1. The van der Waals surface area contributed by atoms with E-state index in [0.29, 0.717) is 18.7 Å². The topological polar surface area (TPSA) is 96.3 Å². The van der Waals surface area contributed by atoms with Gasteiger partial charge in [0.15, 0.2) is 0 Å². The van der Waals surface area contributed by atoms with Crippen LogP contribution < -0.4 is 11.3 Å². The van der Waals surface area contributed by atoms with Crippen LogP contribution in [0.2, 0.25) is 0 Å². The van der Waals surface area contributed by atoms with Crippen LogP contribution in [0.1, 0.15) is 23.2 Å². The van der Waals surface area contributed by atoms with Gasteiger partial charge in [0.2, 0.25) is 11.5 Å². The number of pyridine rings is 1. The second-order valence-electron chi connectivity index (χ2n) is 4.43. The van der Waals surface area contributed by atoms with Gasteiger partial charge in [-0.2, -0.15) is 0 Å². The molecule has 2 heterocycles. The minimum Gasteiger partial charge on any atom is -0.369 e. The highest BCUT2D eigenvalue weighted by Crippen LogP contribution is 2.17. The summed E-state index contributed by atoms with van der Waals surface area (Å²) < 4.78 is 0. The molecule has 3 N–H and O–H groups in total. The SMILES string of the molecule is NC(=O)[C@@H]1CCCN(C(=O)c2ccc(=O)[nH]c2)C1. The fraction of sp³-hybridized carbons (Fsp3) is 0.417. The molecule has 96 valence electrons. The van der Waals surface area contributed by atoms with E-state index in [9.17, 15) is 14.4 Å². The fourth-order valence-corrected chi connectivity index (χ4v) is 2.12. The number of H-pyrrole nitrogens is 1. The monoisotopic (exact) mass is 249 g/mol. The number of nitrogens with two attached hydrogens (primary N) is 1. The Hall–Kier alpha value is -2.11. The lowest BCUT2D eigenvalue weighted by Crippen LogP contribution is -2.44. The maximum Gasteiger partial charge on any atom is 0.255 e. The van der Waals surface area contributed by atoms with Gasteiger partial charge in [0.05, 0.1) is 11.5 Å². The highest BCUT2D eigenvalue weighted by atomic mass is 16.2. The molecule has 1 aromatic rings. The molecule has 0 spiro atoms. The first-order chi connectivity index (χ1) is 8.58. The number of carbonyl (C=O) groups is 2. The zero-order chi connectivity index (χ0) is 13.1. The van der Waals surface area contributed by atoms with E-state index in [1.807, 2.05) is 0 Å². The van der Waals surface area contributed by atoms with Gasteiger partial charge in [-0.15, -0.1) is 0 Å².